The maximum atomic E-state index is 12.5. The van der Waals surface area contributed by atoms with Crippen molar-refractivity contribution < 1.29 is 9.59 Å². The predicted molar refractivity (Wildman–Crippen MR) is 112 cm³/mol. The van der Waals surface area contributed by atoms with E-state index in [1.165, 1.54) is 6.92 Å². The van der Waals surface area contributed by atoms with Crippen LogP contribution >= 0.6 is 0 Å². The highest BCUT2D eigenvalue weighted by atomic mass is 16.2. The zero-order valence-corrected chi connectivity index (χ0v) is 16.0. The van der Waals surface area contributed by atoms with Crippen molar-refractivity contribution in [3.8, 4) is 0 Å². The summed E-state index contributed by atoms with van der Waals surface area (Å²) in [6.45, 7) is 5.39. The van der Waals surface area contributed by atoms with Crippen molar-refractivity contribution in [1.82, 2.24) is 4.98 Å². The van der Waals surface area contributed by atoms with E-state index in [2.05, 4.69) is 20.9 Å². The van der Waals surface area contributed by atoms with Gasteiger partial charge in [-0.05, 0) is 61.4 Å². The van der Waals surface area contributed by atoms with Gasteiger partial charge in [-0.3, -0.25) is 9.59 Å². The Hall–Kier alpha value is -3.67. The molecule has 0 atom stereocenters. The lowest BCUT2D eigenvalue weighted by Crippen LogP contribution is -2.15. The van der Waals surface area contributed by atoms with Crippen LogP contribution in [0.4, 0.5) is 22.7 Å². The van der Waals surface area contributed by atoms with Gasteiger partial charge in [-0.25, -0.2) is 4.98 Å². The van der Waals surface area contributed by atoms with E-state index < -0.39 is 0 Å². The molecule has 2 amide bonds. The van der Waals surface area contributed by atoms with Gasteiger partial charge in [0.25, 0.3) is 5.91 Å². The molecule has 0 radical (unpaired) electrons. The number of pyridine rings is 1. The van der Waals surface area contributed by atoms with E-state index in [9.17, 15) is 9.59 Å². The second-order valence-electron chi connectivity index (χ2n) is 6.54. The average Bonchev–Trinajstić information content (AvgIpc) is 2.66. The number of rotatable bonds is 5. The largest absolute Gasteiger partial charge is 0.354 e. The zero-order valence-electron chi connectivity index (χ0n) is 16.0. The van der Waals surface area contributed by atoms with Gasteiger partial charge in [0.05, 0.1) is 11.9 Å². The van der Waals surface area contributed by atoms with Crippen molar-refractivity contribution >= 4 is 34.6 Å². The molecule has 6 heteroatoms. The molecule has 3 N–H and O–H groups in total. The van der Waals surface area contributed by atoms with Crippen molar-refractivity contribution in [2.45, 2.75) is 20.8 Å². The van der Waals surface area contributed by atoms with Crippen molar-refractivity contribution in [3.63, 3.8) is 0 Å². The summed E-state index contributed by atoms with van der Waals surface area (Å²) in [5.74, 6) is -0.358. The molecular weight excluding hydrogens is 352 g/mol. The fraction of sp³-hybridized carbons (Fsp3) is 0.136. The molecule has 0 saturated carbocycles. The third-order valence-electron chi connectivity index (χ3n) is 4.21. The number of aryl methyl sites for hydroxylation is 2. The molecule has 28 heavy (non-hydrogen) atoms. The Morgan fingerprint density at radius 1 is 0.786 bits per heavy atom. The first-order chi connectivity index (χ1) is 13.4. The predicted octanol–water partition coefficient (Wildman–Crippen LogP) is 4.65. The molecule has 0 fully saturated rings. The van der Waals surface area contributed by atoms with Gasteiger partial charge in [-0.15, -0.1) is 0 Å². The number of carbonyl (C=O) groups excluding carboxylic acids is 2. The maximum Gasteiger partial charge on any atom is 0.274 e. The first-order valence-corrected chi connectivity index (χ1v) is 8.90. The molecule has 1 aromatic heterocycles. The highest BCUT2D eigenvalue weighted by Gasteiger charge is 2.11. The Kier molecular flexibility index (Phi) is 5.69. The molecule has 0 bridgehead atoms. The van der Waals surface area contributed by atoms with Gasteiger partial charge in [-0.2, -0.15) is 0 Å². The summed E-state index contributed by atoms with van der Waals surface area (Å²) in [6, 6.07) is 16.7. The molecule has 6 nitrogen and oxygen atoms in total. The van der Waals surface area contributed by atoms with Crippen LogP contribution in [0, 0.1) is 13.8 Å². The standard InChI is InChI=1S/C22H22N4O2/c1-14-5-4-6-15(2)21(14)26-22(28)20-12-11-19(13-23-20)25-18-9-7-17(8-10-18)24-16(3)27/h4-13,25H,1-3H3,(H,24,27)(H,26,28). The molecule has 0 aliphatic heterocycles. The number of para-hydroxylation sites is 1. The Labute approximate surface area is 164 Å². The van der Waals surface area contributed by atoms with Crippen molar-refractivity contribution in [3.05, 3.63) is 77.6 Å². The molecule has 0 spiro atoms. The molecule has 1 heterocycles. The average molecular weight is 374 g/mol. The Bertz CT molecular complexity index is 976. The minimum absolute atomic E-state index is 0.111. The second kappa shape index (κ2) is 8.35. The maximum absolute atomic E-state index is 12.5. The Morgan fingerprint density at radius 2 is 1.39 bits per heavy atom. The van der Waals surface area contributed by atoms with Crippen LogP contribution in [-0.4, -0.2) is 16.8 Å². The van der Waals surface area contributed by atoms with Gasteiger partial charge >= 0.3 is 0 Å². The lowest BCUT2D eigenvalue weighted by Gasteiger charge is -2.11. The number of aromatic nitrogens is 1. The number of nitrogens with one attached hydrogen (secondary N) is 3. The van der Waals surface area contributed by atoms with Gasteiger partial charge in [-0.1, -0.05) is 18.2 Å². The van der Waals surface area contributed by atoms with Crippen LogP contribution < -0.4 is 16.0 Å². The van der Waals surface area contributed by atoms with Crippen molar-refractivity contribution in [2.24, 2.45) is 0 Å². The third-order valence-corrected chi connectivity index (χ3v) is 4.21. The summed E-state index contributed by atoms with van der Waals surface area (Å²) in [5, 5.41) is 8.86. The summed E-state index contributed by atoms with van der Waals surface area (Å²) in [4.78, 5) is 27.8. The summed E-state index contributed by atoms with van der Waals surface area (Å²) in [5.41, 5.74) is 5.52. The van der Waals surface area contributed by atoms with Crippen LogP contribution in [0.25, 0.3) is 0 Å². The quantitative estimate of drug-likeness (QED) is 0.607. The SMILES string of the molecule is CC(=O)Nc1ccc(Nc2ccc(C(=O)Nc3c(C)cccc3C)nc2)cc1. The van der Waals surface area contributed by atoms with Crippen LogP contribution in [0.1, 0.15) is 28.5 Å². The summed E-state index contributed by atoms with van der Waals surface area (Å²) < 4.78 is 0. The topological polar surface area (TPSA) is 83.1 Å². The van der Waals surface area contributed by atoms with Crippen LogP contribution in [0.3, 0.4) is 0 Å². The lowest BCUT2D eigenvalue weighted by molar-refractivity contribution is -0.114. The number of nitrogens with zero attached hydrogens (tertiary/aromatic N) is 1. The number of hydrogen-bond donors (Lipinski definition) is 3. The molecule has 0 saturated heterocycles. The summed E-state index contributed by atoms with van der Waals surface area (Å²) >= 11 is 0. The van der Waals surface area contributed by atoms with Crippen LogP contribution in [0.5, 0.6) is 0 Å². The van der Waals surface area contributed by atoms with Crippen LogP contribution in [0.2, 0.25) is 0 Å². The molecule has 0 unspecified atom stereocenters. The molecule has 0 aliphatic rings. The highest BCUT2D eigenvalue weighted by Crippen LogP contribution is 2.21. The van der Waals surface area contributed by atoms with E-state index in [0.717, 1.165) is 33.9 Å². The minimum Gasteiger partial charge on any atom is -0.354 e. The van der Waals surface area contributed by atoms with Gasteiger partial charge in [0.2, 0.25) is 5.91 Å². The number of carbonyl (C=O) groups is 2. The molecule has 142 valence electrons. The van der Waals surface area contributed by atoms with E-state index >= 15 is 0 Å². The molecule has 3 rings (SSSR count). The highest BCUT2D eigenvalue weighted by molar-refractivity contribution is 6.03. The number of anilines is 4. The monoisotopic (exact) mass is 374 g/mol. The van der Waals surface area contributed by atoms with Crippen LogP contribution in [-0.2, 0) is 4.79 Å². The summed E-state index contributed by atoms with van der Waals surface area (Å²) in [6.07, 6.45) is 1.61. The Balaban J connectivity index is 1.66. The molecule has 3 aromatic rings. The van der Waals surface area contributed by atoms with Gasteiger partial charge in [0.15, 0.2) is 0 Å². The van der Waals surface area contributed by atoms with Gasteiger partial charge < -0.3 is 16.0 Å². The third kappa shape index (κ3) is 4.73. The van der Waals surface area contributed by atoms with Gasteiger partial charge in [0.1, 0.15) is 5.69 Å². The first kappa shape index (κ1) is 19.1. The number of amides is 2. The lowest BCUT2D eigenvalue weighted by atomic mass is 10.1. The first-order valence-electron chi connectivity index (χ1n) is 8.90. The van der Waals surface area contributed by atoms with Crippen molar-refractivity contribution in [2.75, 3.05) is 16.0 Å². The van der Waals surface area contributed by atoms with E-state index in [0.29, 0.717) is 5.69 Å². The van der Waals surface area contributed by atoms with Gasteiger partial charge in [0, 0.05) is 24.0 Å². The van der Waals surface area contributed by atoms with E-state index in [-0.39, 0.29) is 11.8 Å². The number of hydrogen-bond acceptors (Lipinski definition) is 4. The zero-order chi connectivity index (χ0) is 20.1. The van der Waals surface area contributed by atoms with E-state index in [1.807, 2.05) is 56.3 Å². The number of benzene rings is 2. The molecular formula is C22H22N4O2. The molecule has 2 aromatic carbocycles. The van der Waals surface area contributed by atoms with E-state index in [4.69, 9.17) is 0 Å². The Morgan fingerprint density at radius 3 is 1.96 bits per heavy atom. The normalized spacial score (nSPS) is 10.2. The smallest absolute Gasteiger partial charge is 0.274 e. The molecule has 0 aliphatic carbocycles. The second-order valence-corrected chi connectivity index (χ2v) is 6.54. The fourth-order valence-corrected chi connectivity index (χ4v) is 2.80. The summed E-state index contributed by atoms with van der Waals surface area (Å²) in [7, 11) is 0. The minimum atomic E-state index is -0.247. The fourth-order valence-electron chi connectivity index (χ4n) is 2.80. The van der Waals surface area contributed by atoms with Crippen LogP contribution in [0.15, 0.2) is 60.8 Å². The van der Waals surface area contributed by atoms with E-state index in [1.54, 1.807) is 18.3 Å². The van der Waals surface area contributed by atoms with Crippen molar-refractivity contribution in [1.29, 1.82) is 0 Å².